The number of hydrogen-bond acceptors (Lipinski definition) is 4. The van der Waals surface area contributed by atoms with Gasteiger partial charge in [-0.3, -0.25) is 10.1 Å². The second-order valence-corrected chi connectivity index (χ2v) is 6.14. The van der Waals surface area contributed by atoms with Crippen LogP contribution in [0.5, 0.6) is 0 Å². The molecule has 1 amide bonds. The van der Waals surface area contributed by atoms with E-state index in [1.165, 1.54) is 0 Å². The van der Waals surface area contributed by atoms with Crippen LogP contribution in [-0.4, -0.2) is 55.5 Å². The molecule has 0 aromatic carbocycles. The van der Waals surface area contributed by atoms with Crippen LogP contribution in [0.15, 0.2) is 0 Å². The summed E-state index contributed by atoms with van der Waals surface area (Å²) in [5.41, 5.74) is 0. The van der Waals surface area contributed by atoms with Gasteiger partial charge in [0.25, 0.3) is 0 Å². The summed E-state index contributed by atoms with van der Waals surface area (Å²) in [5.74, 6) is 0.891. The summed E-state index contributed by atoms with van der Waals surface area (Å²) in [7, 11) is 0. The molecule has 0 radical (unpaired) electrons. The Morgan fingerprint density at radius 3 is 2.53 bits per heavy atom. The van der Waals surface area contributed by atoms with E-state index in [-0.39, 0.29) is 24.2 Å². The first-order valence-electron chi connectivity index (χ1n) is 7.26. The third-order valence-electron chi connectivity index (χ3n) is 3.82. The third-order valence-corrected chi connectivity index (χ3v) is 3.82. The SMILES string of the molecule is CC(C)C1NC(C(C)C)N(CC2COCCO2)C1=O. The van der Waals surface area contributed by atoms with E-state index in [0.717, 1.165) is 0 Å². The first-order valence-corrected chi connectivity index (χ1v) is 7.26. The molecule has 2 fully saturated rings. The van der Waals surface area contributed by atoms with Crippen molar-refractivity contribution >= 4 is 5.91 Å². The number of rotatable bonds is 4. The van der Waals surface area contributed by atoms with Gasteiger partial charge in [-0.15, -0.1) is 0 Å². The second-order valence-electron chi connectivity index (χ2n) is 6.14. The van der Waals surface area contributed by atoms with Crippen molar-refractivity contribution in [3.8, 4) is 0 Å². The fourth-order valence-corrected chi connectivity index (χ4v) is 2.76. The summed E-state index contributed by atoms with van der Waals surface area (Å²) < 4.78 is 11.1. The molecule has 5 nitrogen and oxygen atoms in total. The summed E-state index contributed by atoms with van der Waals surface area (Å²) in [6.07, 6.45) is 0.108. The Morgan fingerprint density at radius 1 is 1.26 bits per heavy atom. The van der Waals surface area contributed by atoms with E-state index in [1.54, 1.807) is 0 Å². The van der Waals surface area contributed by atoms with E-state index in [1.807, 2.05) is 4.90 Å². The number of carbonyl (C=O) groups excluding carboxylic acids is 1. The van der Waals surface area contributed by atoms with Crippen LogP contribution in [0.3, 0.4) is 0 Å². The van der Waals surface area contributed by atoms with Crippen LogP contribution in [0, 0.1) is 11.8 Å². The quantitative estimate of drug-likeness (QED) is 0.822. The number of ether oxygens (including phenoxy) is 2. The van der Waals surface area contributed by atoms with E-state index in [9.17, 15) is 4.79 Å². The number of amides is 1. The maximum absolute atomic E-state index is 12.5. The zero-order chi connectivity index (χ0) is 14.0. The van der Waals surface area contributed by atoms with Crippen LogP contribution in [0.2, 0.25) is 0 Å². The maximum Gasteiger partial charge on any atom is 0.241 e. The molecule has 2 aliphatic heterocycles. The Kier molecular flexibility index (Phi) is 4.81. The van der Waals surface area contributed by atoms with Crippen LogP contribution in [0.4, 0.5) is 0 Å². The number of nitrogens with one attached hydrogen (secondary N) is 1. The van der Waals surface area contributed by atoms with Gasteiger partial charge < -0.3 is 14.4 Å². The second kappa shape index (κ2) is 6.20. The summed E-state index contributed by atoms with van der Waals surface area (Å²) >= 11 is 0. The molecule has 0 aromatic rings. The molecule has 1 N–H and O–H groups in total. The molecule has 2 heterocycles. The lowest BCUT2D eigenvalue weighted by Gasteiger charge is -2.32. The highest BCUT2D eigenvalue weighted by Crippen LogP contribution is 2.22. The minimum absolute atomic E-state index is 0.00617. The molecule has 0 aliphatic carbocycles. The molecule has 0 aromatic heterocycles. The highest BCUT2D eigenvalue weighted by atomic mass is 16.6. The van der Waals surface area contributed by atoms with Crippen molar-refractivity contribution < 1.29 is 14.3 Å². The van der Waals surface area contributed by atoms with Gasteiger partial charge in [-0.25, -0.2) is 0 Å². The molecule has 110 valence electrons. The van der Waals surface area contributed by atoms with Crippen LogP contribution >= 0.6 is 0 Å². The molecule has 0 saturated carbocycles. The molecule has 2 saturated heterocycles. The molecule has 5 heteroatoms. The Bertz CT molecular complexity index is 314. The minimum Gasteiger partial charge on any atom is -0.376 e. The lowest BCUT2D eigenvalue weighted by atomic mass is 10.0. The van der Waals surface area contributed by atoms with Crippen molar-refractivity contribution in [2.45, 2.75) is 46.0 Å². The molecule has 2 aliphatic rings. The van der Waals surface area contributed by atoms with Crippen molar-refractivity contribution in [2.75, 3.05) is 26.4 Å². The molecule has 3 unspecified atom stereocenters. The molecule has 19 heavy (non-hydrogen) atoms. The lowest BCUT2D eigenvalue weighted by Crippen LogP contribution is -2.47. The largest absolute Gasteiger partial charge is 0.376 e. The normalized spacial score (nSPS) is 32.6. The topological polar surface area (TPSA) is 50.8 Å². The number of nitrogens with zero attached hydrogens (tertiary/aromatic N) is 1. The van der Waals surface area contributed by atoms with Gasteiger partial charge in [0.15, 0.2) is 0 Å². The molecule has 2 rings (SSSR count). The van der Waals surface area contributed by atoms with Gasteiger partial charge in [0.05, 0.1) is 44.7 Å². The molecule has 3 atom stereocenters. The first kappa shape index (κ1) is 14.8. The van der Waals surface area contributed by atoms with Crippen LogP contribution < -0.4 is 5.32 Å². The van der Waals surface area contributed by atoms with Gasteiger partial charge in [0, 0.05) is 0 Å². The highest BCUT2D eigenvalue weighted by molar-refractivity contribution is 5.84. The van der Waals surface area contributed by atoms with Crippen LogP contribution in [0.1, 0.15) is 27.7 Å². The highest BCUT2D eigenvalue weighted by Gasteiger charge is 2.42. The van der Waals surface area contributed by atoms with E-state index in [2.05, 4.69) is 33.0 Å². The summed E-state index contributed by atoms with van der Waals surface area (Å²) in [6.45, 7) is 10.9. The summed E-state index contributed by atoms with van der Waals surface area (Å²) in [5, 5.41) is 3.46. The van der Waals surface area contributed by atoms with Gasteiger partial charge in [0.1, 0.15) is 0 Å². The van der Waals surface area contributed by atoms with Crippen LogP contribution in [0.25, 0.3) is 0 Å². The van der Waals surface area contributed by atoms with E-state index in [0.29, 0.717) is 38.2 Å². The molecule has 0 bridgehead atoms. The Hall–Kier alpha value is -0.650. The molecular weight excluding hydrogens is 244 g/mol. The maximum atomic E-state index is 12.5. The van der Waals surface area contributed by atoms with E-state index >= 15 is 0 Å². The smallest absolute Gasteiger partial charge is 0.241 e. The van der Waals surface area contributed by atoms with Crippen molar-refractivity contribution in [3.05, 3.63) is 0 Å². The predicted octanol–water partition coefficient (Wildman–Crippen LogP) is 0.840. The lowest BCUT2D eigenvalue weighted by molar-refractivity contribution is -0.138. The van der Waals surface area contributed by atoms with E-state index in [4.69, 9.17) is 9.47 Å². The van der Waals surface area contributed by atoms with Crippen molar-refractivity contribution in [3.63, 3.8) is 0 Å². The van der Waals surface area contributed by atoms with Crippen molar-refractivity contribution in [2.24, 2.45) is 11.8 Å². The minimum atomic E-state index is -0.0723. The summed E-state index contributed by atoms with van der Waals surface area (Å²) in [6, 6.07) is -0.0723. The average Bonchev–Trinajstić information content (AvgIpc) is 2.69. The number of hydrogen-bond donors (Lipinski definition) is 1. The zero-order valence-corrected chi connectivity index (χ0v) is 12.4. The molecule has 0 spiro atoms. The van der Waals surface area contributed by atoms with Gasteiger partial charge in [0.2, 0.25) is 5.91 Å². The summed E-state index contributed by atoms with van der Waals surface area (Å²) in [4.78, 5) is 14.4. The third kappa shape index (κ3) is 3.27. The van der Waals surface area contributed by atoms with Crippen LogP contribution in [-0.2, 0) is 14.3 Å². The zero-order valence-electron chi connectivity index (χ0n) is 12.4. The monoisotopic (exact) mass is 270 g/mol. The Balaban J connectivity index is 2.04. The first-order chi connectivity index (χ1) is 9.00. The van der Waals surface area contributed by atoms with E-state index < -0.39 is 0 Å². The Labute approximate surface area is 115 Å². The predicted molar refractivity (Wildman–Crippen MR) is 72.7 cm³/mol. The van der Waals surface area contributed by atoms with Gasteiger partial charge in [-0.05, 0) is 11.8 Å². The van der Waals surface area contributed by atoms with Crippen molar-refractivity contribution in [1.82, 2.24) is 10.2 Å². The van der Waals surface area contributed by atoms with Gasteiger partial charge >= 0.3 is 0 Å². The van der Waals surface area contributed by atoms with Gasteiger partial charge in [-0.1, -0.05) is 27.7 Å². The fourth-order valence-electron chi connectivity index (χ4n) is 2.76. The fraction of sp³-hybridized carbons (Fsp3) is 0.929. The molecular formula is C14H26N2O3. The standard InChI is InChI=1S/C14H26N2O3/c1-9(2)12-14(17)16(13(15-12)10(3)4)7-11-8-18-5-6-19-11/h9-13,15H,5-8H2,1-4H3. The van der Waals surface area contributed by atoms with Gasteiger partial charge in [-0.2, -0.15) is 0 Å². The number of carbonyl (C=O) groups is 1. The Morgan fingerprint density at radius 2 is 2.00 bits per heavy atom. The average molecular weight is 270 g/mol. The van der Waals surface area contributed by atoms with Crippen molar-refractivity contribution in [1.29, 1.82) is 0 Å².